The molecule has 1 heterocycles. The topological polar surface area (TPSA) is 87.9 Å². The fraction of sp³-hybridized carbons (Fsp3) is 0.400. The molecule has 7 nitrogen and oxygen atoms in total. The van der Waals surface area contributed by atoms with Crippen molar-refractivity contribution in [1.29, 1.82) is 0 Å². The van der Waals surface area contributed by atoms with Gasteiger partial charge in [-0.15, -0.1) is 0 Å². The van der Waals surface area contributed by atoms with Crippen LogP contribution in [0.3, 0.4) is 0 Å². The maximum Gasteiger partial charge on any atom is 0.422 e. The molecule has 0 saturated heterocycles. The minimum absolute atomic E-state index is 0.0299. The molecule has 3 N–H and O–H groups in total. The van der Waals surface area contributed by atoms with E-state index in [2.05, 4.69) is 20.9 Å². The van der Waals surface area contributed by atoms with Gasteiger partial charge in [0.25, 0.3) is 0 Å². The number of nitrogens with zero attached hydrogens (tertiary/aromatic N) is 1. The van der Waals surface area contributed by atoms with Gasteiger partial charge >= 0.3 is 6.18 Å². The zero-order valence-electron chi connectivity index (χ0n) is 16.8. The number of aliphatic imine (C=N–C) groups is 1. The largest absolute Gasteiger partial charge is 0.484 e. The first-order valence-corrected chi connectivity index (χ1v) is 9.37. The minimum Gasteiger partial charge on any atom is -0.484 e. The van der Waals surface area contributed by atoms with Crippen molar-refractivity contribution in [2.75, 3.05) is 19.7 Å². The van der Waals surface area contributed by atoms with Gasteiger partial charge in [-0.1, -0.05) is 12.1 Å². The second-order valence-corrected chi connectivity index (χ2v) is 6.42. The fourth-order valence-electron chi connectivity index (χ4n) is 2.42. The molecule has 0 aliphatic rings. The van der Waals surface area contributed by atoms with Crippen molar-refractivity contribution in [3.8, 4) is 5.75 Å². The molecule has 2 aromatic rings. The number of furan rings is 1. The molecule has 0 radical (unpaired) electrons. The van der Waals surface area contributed by atoms with E-state index in [1.165, 1.54) is 6.26 Å². The van der Waals surface area contributed by atoms with Crippen molar-refractivity contribution >= 4 is 11.9 Å². The van der Waals surface area contributed by atoms with E-state index in [9.17, 15) is 18.0 Å². The summed E-state index contributed by atoms with van der Waals surface area (Å²) in [5.74, 6) is 0.854. The van der Waals surface area contributed by atoms with E-state index in [0.29, 0.717) is 23.8 Å². The highest BCUT2D eigenvalue weighted by atomic mass is 19.4. The Morgan fingerprint density at radius 1 is 1.20 bits per heavy atom. The zero-order valence-corrected chi connectivity index (χ0v) is 16.8. The smallest absolute Gasteiger partial charge is 0.422 e. The summed E-state index contributed by atoms with van der Waals surface area (Å²) in [4.78, 5) is 16.3. The summed E-state index contributed by atoms with van der Waals surface area (Å²) in [5.41, 5.74) is 1.28. The molecule has 1 amide bonds. The molecule has 2 rings (SSSR count). The Hall–Kier alpha value is -3.17. The van der Waals surface area contributed by atoms with Gasteiger partial charge in [0, 0.05) is 12.1 Å². The van der Waals surface area contributed by atoms with E-state index in [0.717, 1.165) is 5.56 Å². The number of alkyl halides is 3. The second-order valence-electron chi connectivity index (χ2n) is 6.42. The number of aryl methyl sites for hydroxylation is 1. The number of hydrogen-bond acceptors (Lipinski definition) is 4. The summed E-state index contributed by atoms with van der Waals surface area (Å²) in [6, 6.07) is 8.46. The van der Waals surface area contributed by atoms with Gasteiger partial charge in [0.1, 0.15) is 11.5 Å². The first kappa shape index (κ1) is 23.1. The van der Waals surface area contributed by atoms with Gasteiger partial charge in [-0.05, 0) is 37.6 Å². The first-order valence-electron chi connectivity index (χ1n) is 9.37. The molecule has 1 aromatic heterocycles. The van der Waals surface area contributed by atoms with Crippen LogP contribution in [0.5, 0.6) is 5.75 Å². The molecule has 0 aliphatic carbocycles. The molecule has 0 aliphatic heterocycles. The molecule has 0 fully saturated rings. The van der Waals surface area contributed by atoms with Crippen LogP contribution in [0, 0.1) is 6.92 Å². The number of guanidine groups is 1. The van der Waals surface area contributed by atoms with Crippen LogP contribution in [0.15, 0.2) is 46.0 Å². The molecular formula is C20H25F3N4O3. The van der Waals surface area contributed by atoms with Gasteiger partial charge in [-0.2, -0.15) is 13.2 Å². The molecule has 0 bridgehead atoms. The summed E-state index contributed by atoms with van der Waals surface area (Å²) in [6.07, 6.45) is -2.91. The van der Waals surface area contributed by atoms with Gasteiger partial charge in [0.05, 0.1) is 25.9 Å². The predicted molar refractivity (Wildman–Crippen MR) is 106 cm³/mol. The van der Waals surface area contributed by atoms with Crippen molar-refractivity contribution in [3.63, 3.8) is 0 Å². The SMILES string of the molecule is CCNC(=NCc1ccc(C)cc1OCC(F)(F)F)NCC(=O)NCc1ccco1. The van der Waals surface area contributed by atoms with E-state index in [1.807, 2.05) is 6.92 Å². The lowest BCUT2D eigenvalue weighted by Crippen LogP contribution is -2.43. The fourth-order valence-corrected chi connectivity index (χ4v) is 2.42. The standard InChI is InChI=1S/C20H25F3N4O3/c1-3-24-19(27-12-18(28)25-11-16-5-4-8-29-16)26-10-15-7-6-14(2)9-17(15)30-13-20(21,22)23/h4-9H,3,10-13H2,1-2H3,(H,25,28)(H2,24,26,27). The van der Waals surface area contributed by atoms with Gasteiger partial charge in [-0.25, -0.2) is 4.99 Å². The molecule has 0 saturated carbocycles. The monoisotopic (exact) mass is 426 g/mol. The van der Waals surface area contributed by atoms with Crippen LogP contribution in [0.4, 0.5) is 13.2 Å². The lowest BCUT2D eigenvalue weighted by molar-refractivity contribution is -0.153. The maximum atomic E-state index is 12.5. The second kappa shape index (κ2) is 11.1. The van der Waals surface area contributed by atoms with Gasteiger partial charge < -0.3 is 25.1 Å². The highest BCUT2D eigenvalue weighted by Crippen LogP contribution is 2.24. The molecule has 164 valence electrons. The van der Waals surface area contributed by atoms with Gasteiger partial charge in [-0.3, -0.25) is 4.79 Å². The van der Waals surface area contributed by atoms with E-state index in [4.69, 9.17) is 9.15 Å². The van der Waals surface area contributed by atoms with E-state index in [-0.39, 0.29) is 31.3 Å². The highest BCUT2D eigenvalue weighted by Gasteiger charge is 2.28. The number of halogens is 3. The number of amides is 1. The van der Waals surface area contributed by atoms with Crippen molar-refractivity contribution in [2.24, 2.45) is 4.99 Å². The zero-order chi connectivity index (χ0) is 22.0. The van der Waals surface area contributed by atoms with Crippen molar-refractivity contribution in [1.82, 2.24) is 16.0 Å². The number of benzene rings is 1. The quantitative estimate of drug-likeness (QED) is 0.424. The van der Waals surface area contributed by atoms with Crippen LogP contribution in [-0.4, -0.2) is 37.7 Å². The number of rotatable bonds is 9. The van der Waals surface area contributed by atoms with Gasteiger partial charge in [0.2, 0.25) is 5.91 Å². The minimum atomic E-state index is -4.43. The Labute approximate surface area is 172 Å². The summed E-state index contributed by atoms with van der Waals surface area (Å²) in [5, 5.41) is 8.57. The maximum absolute atomic E-state index is 12.5. The summed E-state index contributed by atoms with van der Waals surface area (Å²) in [7, 11) is 0. The molecule has 30 heavy (non-hydrogen) atoms. The predicted octanol–water partition coefficient (Wildman–Crippen LogP) is 2.90. The number of carbonyl (C=O) groups excluding carboxylic acids is 1. The van der Waals surface area contributed by atoms with E-state index in [1.54, 1.807) is 37.3 Å². The van der Waals surface area contributed by atoms with Crippen LogP contribution in [-0.2, 0) is 17.9 Å². The molecule has 10 heteroatoms. The summed E-state index contributed by atoms with van der Waals surface area (Å²) in [6.45, 7) is 3.12. The van der Waals surface area contributed by atoms with E-state index < -0.39 is 12.8 Å². The lowest BCUT2D eigenvalue weighted by atomic mass is 10.1. The molecule has 0 atom stereocenters. The van der Waals surface area contributed by atoms with Crippen LogP contribution in [0.1, 0.15) is 23.8 Å². The van der Waals surface area contributed by atoms with Crippen LogP contribution in [0.25, 0.3) is 0 Å². The third-order valence-electron chi connectivity index (χ3n) is 3.82. The Bertz CT molecular complexity index is 836. The highest BCUT2D eigenvalue weighted by molar-refractivity contribution is 5.86. The Morgan fingerprint density at radius 2 is 2.00 bits per heavy atom. The molecular weight excluding hydrogens is 401 g/mol. The Balaban J connectivity index is 1.95. The molecule has 1 aromatic carbocycles. The van der Waals surface area contributed by atoms with Crippen LogP contribution < -0.4 is 20.7 Å². The third-order valence-corrected chi connectivity index (χ3v) is 3.82. The molecule has 0 unspecified atom stereocenters. The van der Waals surface area contributed by atoms with Crippen molar-refractivity contribution in [3.05, 3.63) is 53.5 Å². The average molecular weight is 426 g/mol. The Morgan fingerprint density at radius 3 is 2.67 bits per heavy atom. The van der Waals surface area contributed by atoms with Crippen LogP contribution in [0.2, 0.25) is 0 Å². The molecule has 0 spiro atoms. The number of carbonyl (C=O) groups is 1. The average Bonchev–Trinajstić information content (AvgIpc) is 3.21. The van der Waals surface area contributed by atoms with Crippen molar-refractivity contribution in [2.45, 2.75) is 33.1 Å². The summed E-state index contributed by atoms with van der Waals surface area (Å²) >= 11 is 0. The lowest BCUT2D eigenvalue weighted by Gasteiger charge is -2.14. The number of nitrogens with one attached hydrogen (secondary N) is 3. The van der Waals surface area contributed by atoms with E-state index >= 15 is 0 Å². The number of ether oxygens (including phenoxy) is 1. The van der Waals surface area contributed by atoms with Crippen molar-refractivity contribution < 1.29 is 27.1 Å². The Kier molecular flexibility index (Phi) is 8.57. The third kappa shape index (κ3) is 8.46. The number of hydrogen-bond donors (Lipinski definition) is 3. The normalized spacial score (nSPS) is 11.8. The first-order chi connectivity index (χ1) is 14.3. The summed E-state index contributed by atoms with van der Waals surface area (Å²) < 4.78 is 47.6. The van der Waals surface area contributed by atoms with Gasteiger partial charge in [0.15, 0.2) is 12.6 Å². The van der Waals surface area contributed by atoms with Crippen LogP contribution >= 0.6 is 0 Å².